The first-order valence-corrected chi connectivity index (χ1v) is 13.2. The van der Waals surface area contributed by atoms with Gasteiger partial charge in [0.05, 0.1) is 13.0 Å². The van der Waals surface area contributed by atoms with E-state index in [9.17, 15) is 14.2 Å². The molecule has 0 aliphatic heterocycles. The zero-order chi connectivity index (χ0) is 24.1. The molecule has 0 aliphatic rings. The molecule has 32 heavy (non-hydrogen) atoms. The minimum atomic E-state index is -3.54. The lowest BCUT2D eigenvalue weighted by Crippen LogP contribution is -2.21. The molecule has 2 aromatic carbocycles. The van der Waals surface area contributed by atoms with E-state index < -0.39 is 13.1 Å². The van der Waals surface area contributed by atoms with Crippen LogP contribution in [0.15, 0.2) is 42.5 Å². The lowest BCUT2D eigenvalue weighted by molar-refractivity contribution is -0.143. The van der Waals surface area contributed by atoms with Gasteiger partial charge in [-0.2, -0.15) is 0 Å². The van der Waals surface area contributed by atoms with Crippen LogP contribution in [-0.4, -0.2) is 24.3 Å². The third-order valence-corrected chi connectivity index (χ3v) is 8.57. The third-order valence-electron chi connectivity index (χ3n) is 5.70. The van der Waals surface area contributed by atoms with E-state index in [1.165, 1.54) is 0 Å². The van der Waals surface area contributed by atoms with Crippen LogP contribution in [-0.2, 0) is 19.5 Å². The van der Waals surface area contributed by atoms with Crippen LogP contribution in [0.4, 0.5) is 0 Å². The summed E-state index contributed by atoms with van der Waals surface area (Å²) in [7, 11) is -3.54. The van der Waals surface area contributed by atoms with Gasteiger partial charge < -0.3 is 9.30 Å². The van der Waals surface area contributed by atoms with E-state index in [4.69, 9.17) is 4.74 Å². The van der Waals surface area contributed by atoms with Gasteiger partial charge in [-0.25, -0.2) is 0 Å². The fraction of sp³-hybridized carbons (Fsp3) is 0.481. The molecular formula is C27H37O4P. The van der Waals surface area contributed by atoms with E-state index in [2.05, 4.69) is 34.6 Å². The summed E-state index contributed by atoms with van der Waals surface area (Å²) >= 11 is 0. The molecule has 4 nitrogen and oxygen atoms in total. The molecule has 0 spiro atoms. The summed E-state index contributed by atoms with van der Waals surface area (Å²) in [6, 6.07) is 12.8. The molecule has 0 aliphatic carbocycles. The van der Waals surface area contributed by atoms with E-state index in [0.29, 0.717) is 23.4 Å². The highest BCUT2D eigenvalue weighted by Gasteiger charge is 2.37. The molecule has 0 saturated carbocycles. The highest BCUT2D eigenvalue weighted by Crippen LogP contribution is 2.49. The van der Waals surface area contributed by atoms with Crippen LogP contribution in [0.25, 0.3) is 0 Å². The Morgan fingerprint density at radius 2 is 1.56 bits per heavy atom. The van der Waals surface area contributed by atoms with Gasteiger partial charge in [-0.15, -0.1) is 0 Å². The van der Waals surface area contributed by atoms with Crippen LogP contribution >= 0.6 is 7.14 Å². The monoisotopic (exact) mass is 456 g/mol. The third kappa shape index (κ3) is 6.42. The number of ether oxygens (including phenoxy) is 1. The van der Waals surface area contributed by atoms with E-state index >= 15 is 0 Å². The van der Waals surface area contributed by atoms with E-state index in [1.807, 2.05) is 32.0 Å². The average Bonchev–Trinajstić information content (AvgIpc) is 2.71. The minimum absolute atomic E-state index is 0.0315. The Bertz CT molecular complexity index is 977. The smallest absolute Gasteiger partial charge is 0.306 e. The second-order valence-electron chi connectivity index (χ2n) is 9.99. The van der Waals surface area contributed by atoms with Crippen LogP contribution in [0.3, 0.4) is 0 Å². The van der Waals surface area contributed by atoms with Crippen LogP contribution in [0.1, 0.15) is 74.5 Å². The van der Waals surface area contributed by atoms with Crippen molar-refractivity contribution in [3.8, 4) is 0 Å². The molecule has 2 rings (SSSR count). The van der Waals surface area contributed by atoms with Crippen LogP contribution in [0, 0.1) is 19.8 Å². The fourth-order valence-electron chi connectivity index (χ4n) is 3.66. The van der Waals surface area contributed by atoms with E-state index in [0.717, 1.165) is 23.1 Å². The normalized spacial score (nSPS) is 13.6. The molecule has 0 N–H and O–H groups in total. The van der Waals surface area contributed by atoms with Crippen LogP contribution in [0.2, 0.25) is 0 Å². The van der Waals surface area contributed by atoms with Crippen molar-refractivity contribution in [2.24, 2.45) is 5.92 Å². The molecule has 1 unspecified atom stereocenters. The number of rotatable bonds is 9. The predicted octanol–water partition coefficient (Wildman–Crippen LogP) is 6.41. The lowest BCUT2D eigenvalue weighted by Gasteiger charge is -2.24. The molecule has 0 radical (unpaired) electrons. The Hall–Kier alpha value is -2.19. The van der Waals surface area contributed by atoms with E-state index in [-0.39, 0.29) is 23.5 Å². The zero-order valence-corrected chi connectivity index (χ0v) is 21.4. The summed E-state index contributed by atoms with van der Waals surface area (Å²) in [5.41, 5.74) is 2.82. The van der Waals surface area contributed by atoms with Crippen molar-refractivity contribution in [3.05, 3.63) is 64.7 Å². The topological polar surface area (TPSA) is 60.4 Å². The first-order valence-electron chi connectivity index (χ1n) is 11.3. The quantitative estimate of drug-likeness (QED) is 0.323. The predicted molar refractivity (Wildman–Crippen MR) is 133 cm³/mol. The summed E-state index contributed by atoms with van der Waals surface area (Å²) in [5, 5.41) is 0.485. The Morgan fingerprint density at radius 1 is 1.00 bits per heavy atom. The van der Waals surface area contributed by atoms with Gasteiger partial charge in [-0.3, -0.25) is 9.59 Å². The highest BCUT2D eigenvalue weighted by molar-refractivity contribution is 7.87. The zero-order valence-electron chi connectivity index (χ0n) is 20.5. The second-order valence-corrected chi connectivity index (χ2v) is 12.8. The first kappa shape index (κ1) is 26.1. The van der Waals surface area contributed by atoms with Crippen molar-refractivity contribution in [2.75, 3.05) is 12.8 Å². The molecule has 0 bridgehead atoms. The molecule has 0 fully saturated rings. The maximum atomic E-state index is 14.2. The fourth-order valence-corrected chi connectivity index (χ4v) is 6.22. The van der Waals surface area contributed by atoms with Crippen molar-refractivity contribution in [2.45, 2.75) is 66.7 Å². The number of carbonyl (C=O) groups excluding carboxylic acids is 2. The maximum absolute atomic E-state index is 14.2. The molecule has 2 aromatic rings. The van der Waals surface area contributed by atoms with Crippen molar-refractivity contribution < 1.29 is 18.9 Å². The van der Waals surface area contributed by atoms with Crippen molar-refractivity contribution in [3.63, 3.8) is 0 Å². The molecule has 0 amide bonds. The summed E-state index contributed by atoms with van der Waals surface area (Å²) in [6.07, 6.45) is 0.698. The van der Waals surface area contributed by atoms with Gasteiger partial charge in [0.15, 0.2) is 7.14 Å². The Balaban J connectivity index is 2.39. The van der Waals surface area contributed by atoms with Crippen molar-refractivity contribution in [1.82, 2.24) is 0 Å². The SMILES string of the molecule is Cc1cc(C(C)(C)C)cc(C)c1C(=O)P(=O)(CCC(=O)OCCC(C)C)c1ccccc1. The molecule has 1 atom stereocenters. The number of esters is 1. The number of hydrogen-bond donors (Lipinski definition) is 0. The molecule has 5 heteroatoms. The Kier molecular flexibility index (Phi) is 8.65. The number of benzene rings is 2. The average molecular weight is 457 g/mol. The molecular weight excluding hydrogens is 419 g/mol. The van der Waals surface area contributed by atoms with Crippen LogP contribution in [0.5, 0.6) is 0 Å². The molecule has 174 valence electrons. The van der Waals surface area contributed by atoms with Gasteiger partial charge >= 0.3 is 5.97 Å². The van der Waals surface area contributed by atoms with Gasteiger partial charge in [-0.1, -0.05) is 77.1 Å². The number of aryl methyl sites for hydroxylation is 2. The number of carbonyl (C=O) groups is 2. The standard InChI is InChI=1S/C27H37O4P/c1-19(2)13-15-31-24(28)14-16-32(30,23-11-9-8-10-12-23)26(29)25-20(3)17-22(18-21(25)4)27(5,6)7/h8-12,17-19H,13-16H2,1-7H3. The molecule has 0 saturated heterocycles. The first-order chi connectivity index (χ1) is 14.9. The summed E-state index contributed by atoms with van der Waals surface area (Å²) in [6.45, 7) is 14.6. The molecule has 0 aromatic heterocycles. The summed E-state index contributed by atoms with van der Waals surface area (Å²) in [4.78, 5) is 26.1. The van der Waals surface area contributed by atoms with Crippen LogP contribution < -0.4 is 5.30 Å². The van der Waals surface area contributed by atoms with Gasteiger partial charge in [0.25, 0.3) is 0 Å². The maximum Gasteiger partial charge on any atom is 0.306 e. The summed E-state index contributed by atoms with van der Waals surface area (Å²) < 4.78 is 19.5. The van der Waals surface area contributed by atoms with Crippen molar-refractivity contribution in [1.29, 1.82) is 0 Å². The van der Waals surface area contributed by atoms with E-state index in [1.54, 1.807) is 24.3 Å². The summed E-state index contributed by atoms with van der Waals surface area (Å²) in [5.74, 6) is 0.0212. The Morgan fingerprint density at radius 3 is 2.06 bits per heavy atom. The van der Waals surface area contributed by atoms with Gasteiger partial charge in [0.2, 0.25) is 5.52 Å². The Labute approximate surface area is 193 Å². The lowest BCUT2D eigenvalue weighted by atomic mass is 9.84. The molecule has 0 heterocycles. The largest absolute Gasteiger partial charge is 0.466 e. The van der Waals surface area contributed by atoms with Gasteiger partial charge in [0, 0.05) is 17.0 Å². The number of hydrogen-bond acceptors (Lipinski definition) is 4. The second kappa shape index (κ2) is 10.6. The van der Waals surface area contributed by atoms with Gasteiger partial charge in [-0.05, 0) is 48.3 Å². The highest BCUT2D eigenvalue weighted by atomic mass is 31.2. The van der Waals surface area contributed by atoms with Gasteiger partial charge in [0.1, 0.15) is 0 Å². The van der Waals surface area contributed by atoms with Crippen molar-refractivity contribution >= 4 is 23.9 Å². The minimum Gasteiger partial charge on any atom is -0.466 e.